The number of fused-ring (bicyclic) bond motifs is 1. The number of carbonyl (C=O) groups is 1. The Balaban J connectivity index is 1.39. The first kappa shape index (κ1) is 28.3. The number of aliphatic hydroxyl groups excluding tert-OH is 1. The van der Waals surface area contributed by atoms with Gasteiger partial charge in [0.2, 0.25) is 5.90 Å². The van der Waals surface area contributed by atoms with Crippen LogP contribution in [0.2, 0.25) is 0 Å². The molecule has 0 fully saturated rings. The summed E-state index contributed by atoms with van der Waals surface area (Å²) in [5.41, 5.74) is 0.176. The number of rotatable bonds is 12. The third-order valence-corrected chi connectivity index (χ3v) is 8.80. The Hall–Kier alpha value is -4.21. The summed E-state index contributed by atoms with van der Waals surface area (Å²) in [7, 11) is -3.65. The fourth-order valence-corrected chi connectivity index (χ4v) is 6.15. The molecule has 0 bridgehead atoms. The number of hydrogen-bond acceptors (Lipinski definition) is 7. The summed E-state index contributed by atoms with van der Waals surface area (Å²) in [5.74, 6) is 0.238. The van der Waals surface area contributed by atoms with E-state index in [0.717, 1.165) is 16.3 Å². The van der Waals surface area contributed by atoms with Crippen LogP contribution in [0.5, 0.6) is 5.75 Å². The fraction of sp³-hybridized carbons (Fsp3) is 0.250. The molecule has 0 aliphatic carbocycles. The summed E-state index contributed by atoms with van der Waals surface area (Å²) in [5, 5.41) is 14.0. The molecular formula is C32H32N2O6S. The van der Waals surface area contributed by atoms with Gasteiger partial charge in [0.05, 0.1) is 17.3 Å². The first-order chi connectivity index (χ1) is 19.9. The fourth-order valence-electron chi connectivity index (χ4n) is 4.74. The van der Waals surface area contributed by atoms with Crippen LogP contribution in [-0.2, 0) is 25.9 Å². The number of nitrogens with zero attached hydrogens (tertiary/aromatic N) is 1. The van der Waals surface area contributed by atoms with E-state index in [2.05, 4.69) is 5.32 Å². The van der Waals surface area contributed by atoms with Crippen LogP contribution < -0.4 is 10.1 Å². The van der Waals surface area contributed by atoms with E-state index < -0.39 is 21.3 Å². The number of nitrogens with one attached hydrogen (secondary N) is 1. The van der Waals surface area contributed by atoms with E-state index in [1.165, 1.54) is 0 Å². The molecule has 2 N–H and O–H groups in total. The summed E-state index contributed by atoms with van der Waals surface area (Å²) < 4.78 is 37.8. The number of ether oxygens (including phenoxy) is 2. The molecule has 212 valence electrons. The van der Waals surface area contributed by atoms with Gasteiger partial charge in [-0.15, -0.1) is 0 Å². The topological polar surface area (TPSA) is 114 Å². The van der Waals surface area contributed by atoms with Gasteiger partial charge in [-0.05, 0) is 59.2 Å². The minimum atomic E-state index is -3.65. The molecule has 8 nitrogen and oxygen atoms in total. The Labute approximate surface area is 239 Å². The van der Waals surface area contributed by atoms with E-state index >= 15 is 0 Å². The van der Waals surface area contributed by atoms with Gasteiger partial charge >= 0.3 is 0 Å². The lowest BCUT2D eigenvalue weighted by Crippen LogP contribution is -2.47. The van der Waals surface area contributed by atoms with Crippen molar-refractivity contribution < 1.29 is 27.8 Å². The highest BCUT2D eigenvalue weighted by Gasteiger charge is 2.45. The molecule has 4 aromatic carbocycles. The molecule has 0 radical (unpaired) electrons. The number of aliphatic imine (C=N–C) groups is 1. The average Bonchev–Trinajstić information content (AvgIpc) is 3.46. The van der Waals surface area contributed by atoms with Gasteiger partial charge in [0.1, 0.15) is 12.4 Å². The van der Waals surface area contributed by atoms with Crippen LogP contribution in [0.15, 0.2) is 107 Å². The third-order valence-electron chi connectivity index (χ3n) is 7.06. The number of aliphatic hydroxyl groups is 1. The minimum absolute atomic E-state index is 0.0442. The van der Waals surface area contributed by atoms with Crippen LogP contribution >= 0.6 is 0 Å². The summed E-state index contributed by atoms with van der Waals surface area (Å²) in [6, 6.07) is 29.1. The second-order valence-electron chi connectivity index (χ2n) is 9.89. The van der Waals surface area contributed by atoms with Crippen molar-refractivity contribution in [2.75, 3.05) is 25.6 Å². The zero-order valence-corrected chi connectivity index (χ0v) is 23.3. The van der Waals surface area contributed by atoms with Crippen molar-refractivity contribution in [1.82, 2.24) is 5.32 Å². The predicted octanol–water partition coefficient (Wildman–Crippen LogP) is 4.30. The van der Waals surface area contributed by atoms with E-state index in [0.29, 0.717) is 24.3 Å². The van der Waals surface area contributed by atoms with E-state index in [9.17, 15) is 13.2 Å². The highest BCUT2D eigenvalue weighted by atomic mass is 32.2. The monoisotopic (exact) mass is 572 g/mol. The van der Waals surface area contributed by atoms with E-state index in [-0.39, 0.29) is 42.7 Å². The van der Waals surface area contributed by atoms with Gasteiger partial charge in [-0.25, -0.2) is 13.4 Å². The van der Waals surface area contributed by atoms with E-state index in [4.69, 9.17) is 19.6 Å². The SMILES string of the molecule is O=C(NCc1cccc2ccccc12)[C@@]1(CCS(=O)(=O)c2ccccc2)COC(c2ccc(OCCCO)cc2)=N1. The molecule has 0 unspecified atom stereocenters. The van der Waals surface area contributed by atoms with Gasteiger partial charge in [-0.3, -0.25) is 4.79 Å². The van der Waals surface area contributed by atoms with Crippen molar-refractivity contribution in [1.29, 1.82) is 0 Å². The van der Waals surface area contributed by atoms with Crippen LogP contribution in [0.25, 0.3) is 10.8 Å². The minimum Gasteiger partial charge on any atom is -0.494 e. The second kappa shape index (κ2) is 12.5. The first-order valence-electron chi connectivity index (χ1n) is 13.5. The van der Waals surface area contributed by atoms with Crippen molar-refractivity contribution in [3.05, 3.63) is 108 Å². The molecule has 1 atom stereocenters. The first-order valence-corrected chi connectivity index (χ1v) is 15.1. The Morgan fingerprint density at radius 3 is 2.46 bits per heavy atom. The lowest BCUT2D eigenvalue weighted by Gasteiger charge is -2.23. The maximum Gasteiger partial charge on any atom is 0.251 e. The quantitative estimate of drug-likeness (QED) is 0.245. The highest BCUT2D eigenvalue weighted by molar-refractivity contribution is 7.91. The summed E-state index contributed by atoms with van der Waals surface area (Å²) in [6.45, 7) is 0.622. The van der Waals surface area contributed by atoms with Crippen molar-refractivity contribution >= 4 is 32.4 Å². The molecule has 0 saturated heterocycles. The lowest BCUT2D eigenvalue weighted by molar-refractivity contribution is -0.126. The van der Waals surface area contributed by atoms with Crippen LogP contribution in [0, 0.1) is 0 Å². The zero-order valence-electron chi connectivity index (χ0n) is 22.5. The molecule has 1 heterocycles. The second-order valence-corrected chi connectivity index (χ2v) is 12.0. The molecule has 1 amide bonds. The predicted molar refractivity (Wildman–Crippen MR) is 158 cm³/mol. The van der Waals surface area contributed by atoms with Crippen molar-refractivity contribution in [3.63, 3.8) is 0 Å². The van der Waals surface area contributed by atoms with E-state index in [1.807, 2.05) is 42.5 Å². The van der Waals surface area contributed by atoms with Crippen LogP contribution in [-0.4, -0.2) is 56.4 Å². The summed E-state index contributed by atoms with van der Waals surface area (Å²) in [4.78, 5) is 18.7. The summed E-state index contributed by atoms with van der Waals surface area (Å²) in [6.07, 6.45) is 0.483. The van der Waals surface area contributed by atoms with Crippen LogP contribution in [0.4, 0.5) is 0 Å². The molecule has 0 aromatic heterocycles. The number of carbonyl (C=O) groups excluding carboxylic acids is 1. The van der Waals surface area contributed by atoms with Crippen molar-refractivity contribution in [2.24, 2.45) is 4.99 Å². The molecule has 41 heavy (non-hydrogen) atoms. The zero-order chi connectivity index (χ0) is 28.7. The van der Waals surface area contributed by atoms with Gasteiger partial charge in [0.25, 0.3) is 5.91 Å². The molecule has 1 aliphatic heterocycles. The Morgan fingerprint density at radius 1 is 0.951 bits per heavy atom. The molecule has 1 aliphatic rings. The van der Waals surface area contributed by atoms with Crippen LogP contribution in [0.1, 0.15) is 24.0 Å². The normalized spacial score (nSPS) is 16.7. The third kappa shape index (κ3) is 6.58. The number of amides is 1. The highest BCUT2D eigenvalue weighted by Crippen LogP contribution is 2.29. The van der Waals surface area contributed by atoms with Crippen LogP contribution in [0.3, 0.4) is 0 Å². The van der Waals surface area contributed by atoms with Gasteiger partial charge in [-0.2, -0.15) is 0 Å². The van der Waals surface area contributed by atoms with Gasteiger partial charge in [-0.1, -0.05) is 60.7 Å². The Bertz CT molecular complexity index is 1630. The van der Waals surface area contributed by atoms with Gasteiger partial charge in [0.15, 0.2) is 15.4 Å². The van der Waals surface area contributed by atoms with Crippen molar-refractivity contribution in [2.45, 2.75) is 29.8 Å². The van der Waals surface area contributed by atoms with Crippen molar-refractivity contribution in [3.8, 4) is 5.75 Å². The smallest absolute Gasteiger partial charge is 0.251 e. The molecule has 5 rings (SSSR count). The standard InChI is InChI=1S/C32H32N2O6S/c35-19-7-20-39-27-16-14-25(15-17-27)30-34-32(23-40-30,18-21-41(37,38)28-11-2-1-3-12-28)31(36)33-22-26-10-6-9-24-8-4-5-13-29(24)26/h1-6,8-17,35H,7,18-23H2,(H,33,36)/t32-/m1/s1. The Kier molecular flexibility index (Phi) is 8.66. The van der Waals surface area contributed by atoms with E-state index in [1.54, 1.807) is 54.6 Å². The molecule has 4 aromatic rings. The summed E-state index contributed by atoms with van der Waals surface area (Å²) >= 11 is 0. The molecule has 0 saturated carbocycles. The molecular weight excluding hydrogens is 540 g/mol. The number of hydrogen-bond donors (Lipinski definition) is 2. The maximum absolute atomic E-state index is 13.8. The number of sulfone groups is 1. The van der Waals surface area contributed by atoms with Gasteiger partial charge in [0, 0.05) is 25.1 Å². The molecule has 0 spiro atoms. The molecule has 9 heteroatoms. The average molecular weight is 573 g/mol. The lowest BCUT2D eigenvalue weighted by atomic mass is 9.97. The number of benzene rings is 4. The Morgan fingerprint density at radius 2 is 1.68 bits per heavy atom. The largest absolute Gasteiger partial charge is 0.494 e. The maximum atomic E-state index is 13.8. The van der Waals surface area contributed by atoms with Gasteiger partial charge < -0.3 is 19.9 Å².